The molecule has 0 aromatic heterocycles. The van der Waals surface area contributed by atoms with Crippen molar-refractivity contribution in [3.05, 3.63) is 46.5 Å². The van der Waals surface area contributed by atoms with E-state index >= 15 is 0 Å². The molecule has 1 aliphatic carbocycles. The molecule has 0 bridgehead atoms. The maximum Gasteiger partial charge on any atom is 0.251 e. The summed E-state index contributed by atoms with van der Waals surface area (Å²) in [6, 6.07) is 9.11. The van der Waals surface area contributed by atoms with Crippen molar-refractivity contribution in [1.29, 1.82) is 0 Å². The first-order chi connectivity index (χ1) is 14.4. The Bertz CT molecular complexity index is 819. The summed E-state index contributed by atoms with van der Waals surface area (Å²) in [5.41, 5.74) is 4.66. The largest absolute Gasteiger partial charge is 0.340 e. The second-order valence-corrected chi connectivity index (χ2v) is 9.39. The number of carbonyl (C=O) groups is 2. The Morgan fingerprint density at radius 2 is 1.77 bits per heavy atom. The average Bonchev–Trinajstić information content (AvgIpc) is 3.02. The van der Waals surface area contributed by atoms with E-state index in [9.17, 15) is 9.59 Å². The van der Waals surface area contributed by atoms with Gasteiger partial charge in [-0.3, -0.25) is 14.5 Å². The Hall–Kier alpha value is -2.14. The Morgan fingerprint density at radius 1 is 1.07 bits per heavy atom. The van der Waals surface area contributed by atoms with Gasteiger partial charge in [0.05, 0.1) is 12.5 Å². The molecule has 1 saturated carbocycles. The minimum Gasteiger partial charge on any atom is -0.340 e. The van der Waals surface area contributed by atoms with Gasteiger partial charge in [-0.05, 0) is 51.2 Å². The van der Waals surface area contributed by atoms with E-state index in [0.717, 1.165) is 57.6 Å². The van der Waals surface area contributed by atoms with Crippen LogP contribution in [0.15, 0.2) is 35.4 Å². The number of carbonyl (C=O) groups excluding carboxylic acids is 2. The highest BCUT2D eigenvalue weighted by Crippen LogP contribution is 2.39. The van der Waals surface area contributed by atoms with Crippen LogP contribution in [0.4, 0.5) is 0 Å². The van der Waals surface area contributed by atoms with Gasteiger partial charge in [0.2, 0.25) is 5.91 Å². The summed E-state index contributed by atoms with van der Waals surface area (Å²) in [6.45, 7) is 10.5. The molecule has 2 heterocycles. The van der Waals surface area contributed by atoms with Gasteiger partial charge in [0.1, 0.15) is 0 Å². The summed E-state index contributed by atoms with van der Waals surface area (Å²) in [4.78, 5) is 32.6. The fraction of sp³-hybridized carbons (Fsp3) is 0.600. The van der Waals surface area contributed by atoms with Gasteiger partial charge in [0, 0.05) is 44.3 Å². The number of hydrogen-bond acceptors (Lipinski definition) is 3. The lowest BCUT2D eigenvalue weighted by Gasteiger charge is -2.35. The van der Waals surface area contributed by atoms with Crippen molar-refractivity contribution in [1.82, 2.24) is 14.7 Å². The first-order valence-electron chi connectivity index (χ1n) is 11.5. The first-order valence-corrected chi connectivity index (χ1v) is 11.5. The van der Waals surface area contributed by atoms with Crippen LogP contribution in [0.3, 0.4) is 0 Å². The summed E-state index contributed by atoms with van der Waals surface area (Å²) in [7, 11) is 0. The van der Waals surface area contributed by atoms with Crippen molar-refractivity contribution in [2.24, 2.45) is 0 Å². The van der Waals surface area contributed by atoms with Crippen molar-refractivity contribution in [2.75, 3.05) is 26.2 Å². The maximum absolute atomic E-state index is 13.1. The monoisotopic (exact) mass is 409 g/mol. The molecule has 1 saturated heterocycles. The molecule has 3 aliphatic rings. The Morgan fingerprint density at radius 3 is 2.43 bits per heavy atom. The Balaban J connectivity index is 1.35. The van der Waals surface area contributed by atoms with Crippen molar-refractivity contribution in [3.63, 3.8) is 0 Å². The number of amides is 2. The van der Waals surface area contributed by atoms with Crippen LogP contribution in [0.5, 0.6) is 0 Å². The molecule has 5 heteroatoms. The molecule has 2 fully saturated rings. The molecule has 30 heavy (non-hydrogen) atoms. The second-order valence-electron chi connectivity index (χ2n) is 9.39. The van der Waals surface area contributed by atoms with E-state index in [-0.39, 0.29) is 30.3 Å². The number of benzene rings is 1. The van der Waals surface area contributed by atoms with Crippen LogP contribution in [-0.4, -0.2) is 64.8 Å². The molecule has 2 amide bonds. The zero-order valence-corrected chi connectivity index (χ0v) is 18.7. The molecule has 162 valence electrons. The van der Waals surface area contributed by atoms with Gasteiger partial charge < -0.3 is 9.80 Å². The highest BCUT2D eigenvalue weighted by Gasteiger charge is 2.41. The molecule has 1 aromatic rings. The van der Waals surface area contributed by atoms with Gasteiger partial charge in [-0.25, -0.2) is 0 Å². The third-order valence-corrected chi connectivity index (χ3v) is 6.93. The van der Waals surface area contributed by atoms with Crippen LogP contribution in [0.25, 0.3) is 0 Å². The summed E-state index contributed by atoms with van der Waals surface area (Å²) in [6.07, 6.45) is 4.63. The summed E-state index contributed by atoms with van der Waals surface area (Å²) >= 11 is 0. The number of rotatable bonds is 5. The quantitative estimate of drug-likeness (QED) is 0.747. The first kappa shape index (κ1) is 21.1. The van der Waals surface area contributed by atoms with Crippen LogP contribution < -0.4 is 0 Å². The maximum atomic E-state index is 13.1. The van der Waals surface area contributed by atoms with E-state index in [4.69, 9.17) is 0 Å². The van der Waals surface area contributed by atoms with Gasteiger partial charge in [-0.1, -0.05) is 36.2 Å². The minimum absolute atomic E-state index is 0.109. The molecule has 0 radical (unpaired) electrons. The van der Waals surface area contributed by atoms with E-state index in [2.05, 4.69) is 49.9 Å². The third kappa shape index (κ3) is 4.31. The predicted molar refractivity (Wildman–Crippen MR) is 119 cm³/mol. The minimum atomic E-state index is 0.109. The van der Waals surface area contributed by atoms with E-state index in [1.807, 2.05) is 9.80 Å². The Labute approximate surface area is 180 Å². The van der Waals surface area contributed by atoms with Gasteiger partial charge in [-0.2, -0.15) is 0 Å². The van der Waals surface area contributed by atoms with Crippen LogP contribution in [-0.2, 0) is 16.1 Å². The molecule has 1 atom stereocenters. The van der Waals surface area contributed by atoms with Gasteiger partial charge >= 0.3 is 0 Å². The van der Waals surface area contributed by atoms with Gasteiger partial charge in [0.25, 0.3) is 5.91 Å². The van der Waals surface area contributed by atoms with E-state index in [1.165, 1.54) is 23.1 Å². The van der Waals surface area contributed by atoms with Crippen LogP contribution in [0.1, 0.15) is 57.1 Å². The number of fused-ring (bicyclic) bond motifs is 1. The zero-order chi connectivity index (χ0) is 21.3. The average molecular weight is 410 g/mol. The SMILES string of the molecule is Cc1ccc(CN2CCN(C(=O)CC3=C4CCCCC4N(C(C)C)C3=O)CC2)cc1. The molecule has 4 rings (SSSR count). The molecule has 2 aliphatic heterocycles. The van der Waals surface area contributed by atoms with Crippen molar-refractivity contribution in [2.45, 2.75) is 71.5 Å². The number of piperazine rings is 1. The molecular formula is C25H35N3O2. The number of hydrogen-bond donors (Lipinski definition) is 0. The van der Waals surface area contributed by atoms with Gasteiger partial charge in [0.15, 0.2) is 0 Å². The van der Waals surface area contributed by atoms with Crippen LogP contribution in [0, 0.1) is 6.92 Å². The standard InChI is InChI=1S/C25H35N3O2/c1-18(2)28-23-7-5-4-6-21(23)22(25(28)30)16-24(29)27-14-12-26(13-15-27)17-20-10-8-19(3)9-11-20/h8-11,18,23H,4-7,12-17H2,1-3H3. The third-order valence-electron chi connectivity index (χ3n) is 6.93. The number of aryl methyl sites for hydroxylation is 1. The molecular weight excluding hydrogens is 374 g/mol. The van der Waals surface area contributed by atoms with Crippen LogP contribution in [0.2, 0.25) is 0 Å². The Kier molecular flexibility index (Phi) is 6.28. The summed E-state index contributed by atoms with van der Waals surface area (Å²) < 4.78 is 0. The lowest BCUT2D eigenvalue weighted by Crippen LogP contribution is -2.48. The molecule has 1 unspecified atom stereocenters. The van der Waals surface area contributed by atoms with Gasteiger partial charge in [-0.15, -0.1) is 0 Å². The lowest BCUT2D eigenvalue weighted by molar-refractivity contribution is -0.135. The van der Waals surface area contributed by atoms with E-state index in [0.29, 0.717) is 0 Å². The predicted octanol–water partition coefficient (Wildman–Crippen LogP) is 3.52. The lowest BCUT2D eigenvalue weighted by atomic mass is 9.88. The highest BCUT2D eigenvalue weighted by molar-refractivity contribution is 6.02. The fourth-order valence-corrected chi connectivity index (χ4v) is 5.24. The number of nitrogens with zero attached hydrogens (tertiary/aromatic N) is 3. The molecule has 0 N–H and O–H groups in total. The normalized spacial score (nSPS) is 22.8. The van der Waals surface area contributed by atoms with E-state index < -0.39 is 0 Å². The molecule has 5 nitrogen and oxygen atoms in total. The summed E-state index contributed by atoms with van der Waals surface area (Å²) in [5.74, 6) is 0.231. The molecule has 0 spiro atoms. The zero-order valence-electron chi connectivity index (χ0n) is 18.7. The van der Waals surface area contributed by atoms with Crippen LogP contribution >= 0.6 is 0 Å². The highest BCUT2D eigenvalue weighted by atomic mass is 16.2. The topological polar surface area (TPSA) is 43.9 Å². The molecule has 1 aromatic carbocycles. The van der Waals surface area contributed by atoms with E-state index in [1.54, 1.807) is 0 Å². The fourth-order valence-electron chi connectivity index (χ4n) is 5.24. The second kappa shape index (κ2) is 8.93. The van der Waals surface area contributed by atoms with Crippen molar-refractivity contribution in [3.8, 4) is 0 Å². The smallest absolute Gasteiger partial charge is 0.251 e. The van der Waals surface area contributed by atoms with Crippen molar-refractivity contribution < 1.29 is 9.59 Å². The van der Waals surface area contributed by atoms with Crippen molar-refractivity contribution >= 4 is 11.8 Å². The summed E-state index contributed by atoms with van der Waals surface area (Å²) in [5, 5.41) is 0.